The van der Waals surface area contributed by atoms with Gasteiger partial charge in [0.15, 0.2) is 0 Å². The molecule has 142 valence electrons. The van der Waals surface area contributed by atoms with E-state index in [9.17, 15) is 19.2 Å². The molecule has 0 aliphatic carbocycles. The largest absolute Gasteiger partial charge is 0.338 e. The fourth-order valence-corrected chi connectivity index (χ4v) is 2.92. The van der Waals surface area contributed by atoms with Crippen molar-refractivity contribution in [2.24, 2.45) is 11.7 Å². The average molecular weight is 375 g/mol. The van der Waals surface area contributed by atoms with E-state index in [1.807, 2.05) is 13.8 Å². The van der Waals surface area contributed by atoms with Crippen molar-refractivity contribution in [3.8, 4) is 0 Å². The third-order valence-electron chi connectivity index (χ3n) is 4.93. The number of rotatable bonds is 5. The summed E-state index contributed by atoms with van der Waals surface area (Å²) in [6.45, 7) is 5.40. The molecule has 8 nitrogen and oxygen atoms in total. The molecular formula is C16H27ClN4O4. The van der Waals surface area contributed by atoms with Gasteiger partial charge < -0.3 is 15.5 Å². The number of amides is 4. The summed E-state index contributed by atoms with van der Waals surface area (Å²) in [6.07, 6.45) is 1.20. The number of piperazine rings is 1. The Kier molecular flexibility index (Phi) is 7.82. The van der Waals surface area contributed by atoms with Gasteiger partial charge in [-0.2, -0.15) is 0 Å². The van der Waals surface area contributed by atoms with Crippen LogP contribution < -0.4 is 5.73 Å². The molecular weight excluding hydrogens is 348 g/mol. The van der Waals surface area contributed by atoms with Crippen LogP contribution in [0.15, 0.2) is 0 Å². The Morgan fingerprint density at radius 3 is 2.00 bits per heavy atom. The summed E-state index contributed by atoms with van der Waals surface area (Å²) < 4.78 is 0. The molecule has 2 fully saturated rings. The van der Waals surface area contributed by atoms with Crippen molar-refractivity contribution in [3.63, 3.8) is 0 Å². The fraction of sp³-hybridized carbons (Fsp3) is 0.750. The molecule has 0 aromatic heterocycles. The van der Waals surface area contributed by atoms with Gasteiger partial charge in [-0.05, 0) is 5.92 Å². The summed E-state index contributed by atoms with van der Waals surface area (Å²) in [6, 6.07) is -0.517. The zero-order chi connectivity index (χ0) is 17.9. The molecule has 0 saturated carbocycles. The molecule has 0 aromatic carbocycles. The van der Waals surface area contributed by atoms with Crippen molar-refractivity contribution in [2.45, 2.75) is 39.2 Å². The quantitative estimate of drug-likeness (QED) is 0.659. The van der Waals surface area contributed by atoms with Gasteiger partial charge in [0.25, 0.3) is 0 Å². The van der Waals surface area contributed by atoms with Crippen molar-refractivity contribution in [3.05, 3.63) is 0 Å². The van der Waals surface area contributed by atoms with Gasteiger partial charge in [0, 0.05) is 39.0 Å². The van der Waals surface area contributed by atoms with Crippen LogP contribution >= 0.6 is 12.4 Å². The minimum atomic E-state index is -0.517. The SMILES string of the molecule is CCC(C)C(N)C(=O)N1CCN(C(=O)CN2C(=O)CCC2=O)CC1.Cl. The first-order valence-electron chi connectivity index (χ1n) is 8.50. The average Bonchev–Trinajstić information content (AvgIpc) is 2.91. The molecule has 2 N–H and O–H groups in total. The second-order valence-corrected chi connectivity index (χ2v) is 6.49. The zero-order valence-corrected chi connectivity index (χ0v) is 15.6. The highest BCUT2D eigenvalue weighted by atomic mass is 35.5. The van der Waals surface area contributed by atoms with Gasteiger partial charge in [0.2, 0.25) is 23.6 Å². The Balaban J connectivity index is 0.00000312. The lowest BCUT2D eigenvalue weighted by Gasteiger charge is -2.37. The second kappa shape index (κ2) is 9.15. The molecule has 2 heterocycles. The van der Waals surface area contributed by atoms with Crippen LogP contribution in [-0.4, -0.2) is 77.1 Å². The van der Waals surface area contributed by atoms with Crippen molar-refractivity contribution in [2.75, 3.05) is 32.7 Å². The second-order valence-electron chi connectivity index (χ2n) is 6.49. The first-order chi connectivity index (χ1) is 11.3. The van der Waals surface area contributed by atoms with E-state index in [0.717, 1.165) is 11.3 Å². The molecule has 9 heteroatoms. The molecule has 0 radical (unpaired) electrons. The first-order valence-corrected chi connectivity index (χ1v) is 8.50. The minimum absolute atomic E-state index is 0. The van der Waals surface area contributed by atoms with Crippen LogP contribution in [0, 0.1) is 5.92 Å². The van der Waals surface area contributed by atoms with Crippen molar-refractivity contribution >= 4 is 36.0 Å². The molecule has 0 bridgehead atoms. The van der Waals surface area contributed by atoms with Gasteiger partial charge in [-0.15, -0.1) is 12.4 Å². The Morgan fingerprint density at radius 1 is 1.04 bits per heavy atom. The van der Waals surface area contributed by atoms with Crippen molar-refractivity contribution < 1.29 is 19.2 Å². The molecule has 0 spiro atoms. The van der Waals surface area contributed by atoms with Crippen molar-refractivity contribution in [1.29, 1.82) is 0 Å². The highest BCUT2D eigenvalue weighted by Crippen LogP contribution is 2.14. The maximum atomic E-state index is 12.3. The fourth-order valence-electron chi connectivity index (χ4n) is 2.92. The number of carbonyl (C=O) groups is 4. The van der Waals surface area contributed by atoms with Crippen LogP contribution in [0.3, 0.4) is 0 Å². The molecule has 2 saturated heterocycles. The third kappa shape index (κ3) is 4.92. The third-order valence-corrected chi connectivity index (χ3v) is 4.93. The Bertz CT molecular complexity index is 518. The summed E-state index contributed by atoms with van der Waals surface area (Å²) >= 11 is 0. The molecule has 2 aliphatic heterocycles. The Morgan fingerprint density at radius 2 is 1.52 bits per heavy atom. The molecule has 2 aliphatic rings. The van der Waals surface area contributed by atoms with Crippen LogP contribution in [-0.2, 0) is 19.2 Å². The number of imide groups is 1. The topological polar surface area (TPSA) is 104 Å². The Hall–Kier alpha value is -1.67. The molecule has 0 aromatic rings. The summed E-state index contributed by atoms with van der Waals surface area (Å²) in [7, 11) is 0. The van der Waals surface area contributed by atoms with E-state index in [2.05, 4.69) is 0 Å². The Labute approximate surface area is 154 Å². The van der Waals surface area contributed by atoms with Crippen molar-refractivity contribution in [1.82, 2.24) is 14.7 Å². The monoisotopic (exact) mass is 374 g/mol. The maximum Gasteiger partial charge on any atom is 0.242 e. The maximum absolute atomic E-state index is 12.3. The lowest BCUT2D eigenvalue weighted by Crippen LogP contribution is -2.56. The predicted octanol–water partition coefficient (Wildman–Crippen LogP) is -0.399. The number of nitrogens with two attached hydrogens (primary N) is 1. The normalized spacial score (nSPS) is 20.4. The minimum Gasteiger partial charge on any atom is -0.338 e. The molecule has 2 atom stereocenters. The molecule has 2 rings (SSSR count). The number of halogens is 1. The highest BCUT2D eigenvalue weighted by molar-refractivity contribution is 6.04. The summed E-state index contributed by atoms with van der Waals surface area (Å²) in [5.41, 5.74) is 5.98. The van der Waals surface area contributed by atoms with Gasteiger partial charge >= 0.3 is 0 Å². The van der Waals surface area contributed by atoms with Gasteiger partial charge in [-0.3, -0.25) is 24.1 Å². The van der Waals surface area contributed by atoms with E-state index in [0.29, 0.717) is 26.2 Å². The van der Waals surface area contributed by atoms with Crippen LogP contribution in [0.4, 0.5) is 0 Å². The van der Waals surface area contributed by atoms with Gasteiger partial charge in [0.05, 0.1) is 6.04 Å². The van der Waals surface area contributed by atoms with Gasteiger partial charge in [0.1, 0.15) is 6.54 Å². The lowest BCUT2D eigenvalue weighted by atomic mass is 9.98. The van der Waals surface area contributed by atoms with Gasteiger partial charge in [-0.1, -0.05) is 20.3 Å². The smallest absolute Gasteiger partial charge is 0.242 e. The standard InChI is InChI=1S/C16H26N4O4.ClH/c1-3-11(2)15(17)16(24)19-8-6-18(7-9-19)14(23)10-20-12(21)4-5-13(20)22;/h11,15H,3-10,17H2,1-2H3;1H. The lowest BCUT2D eigenvalue weighted by molar-refractivity contribution is -0.147. The molecule has 2 unspecified atom stereocenters. The van der Waals surface area contributed by atoms with E-state index < -0.39 is 6.04 Å². The summed E-state index contributed by atoms with van der Waals surface area (Å²) in [4.78, 5) is 52.1. The van der Waals surface area contributed by atoms with E-state index in [4.69, 9.17) is 5.73 Å². The molecule has 4 amide bonds. The van der Waals surface area contributed by atoms with E-state index in [1.54, 1.807) is 9.80 Å². The highest BCUT2D eigenvalue weighted by Gasteiger charge is 2.33. The first kappa shape index (κ1) is 21.4. The van der Waals surface area contributed by atoms with Crippen LogP contribution in [0.2, 0.25) is 0 Å². The van der Waals surface area contributed by atoms with E-state index in [1.165, 1.54) is 0 Å². The number of hydrogen-bond donors (Lipinski definition) is 1. The number of hydrogen-bond acceptors (Lipinski definition) is 5. The van der Waals surface area contributed by atoms with E-state index in [-0.39, 0.29) is 61.3 Å². The summed E-state index contributed by atoms with van der Waals surface area (Å²) in [5.74, 6) is -0.800. The number of carbonyl (C=O) groups excluding carboxylic acids is 4. The zero-order valence-electron chi connectivity index (χ0n) is 14.8. The van der Waals surface area contributed by atoms with E-state index >= 15 is 0 Å². The van der Waals surface area contributed by atoms with Gasteiger partial charge in [-0.25, -0.2) is 0 Å². The summed E-state index contributed by atoms with van der Waals surface area (Å²) in [5, 5.41) is 0. The number of nitrogens with zero attached hydrogens (tertiary/aromatic N) is 3. The van der Waals surface area contributed by atoms with Crippen LogP contribution in [0.25, 0.3) is 0 Å². The van der Waals surface area contributed by atoms with Crippen LogP contribution in [0.1, 0.15) is 33.1 Å². The number of likely N-dealkylation sites (tertiary alicyclic amines) is 1. The predicted molar refractivity (Wildman–Crippen MR) is 93.8 cm³/mol. The molecule has 25 heavy (non-hydrogen) atoms. The van der Waals surface area contributed by atoms with Crippen LogP contribution in [0.5, 0.6) is 0 Å².